The van der Waals surface area contributed by atoms with Crippen LogP contribution in [-0.4, -0.2) is 9.55 Å². The highest BCUT2D eigenvalue weighted by molar-refractivity contribution is 6.16. The standard InChI is InChI=1S/C11H11ClN2.ClH/c1-9-4-2-3-5-10(9)14-7-6-13-11(14)8-12;/h2-7H,8H2,1H3;1H. The molecular formula is C11H12Cl2N2. The van der Waals surface area contributed by atoms with Crippen molar-refractivity contribution in [2.45, 2.75) is 12.8 Å². The molecule has 0 spiro atoms. The van der Waals surface area contributed by atoms with Crippen LogP contribution in [0, 0.1) is 6.92 Å². The van der Waals surface area contributed by atoms with E-state index in [9.17, 15) is 0 Å². The van der Waals surface area contributed by atoms with Gasteiger partial charge in [-0.3, -0.25) is 0 Å². The monoisotopic (exact) mass is 242 g/mol. The van der Waals surface area contributed by atoms with Crippen LogP contribution in [0.2, 0.25) is 0 Å². The fourth-order valence-corrected chi connectivity index (χ4v) is 1.68. The van der Waals surface area contributed by atoms with E-state index in [1.54, 1.807) is 6.20 Å². The number of imidazole rings is 1. The molecule has 0 aliphatic rings. The van der Waals surface area contributed by atoms with Gasteiger partial charge in [0.1, 0.15) is 5.82 Å². The molecule has 0 saturated carbocycles. The fraction of sp³-hybridized carbons (Fsp3) is 0.182. The first-order chi connectivity index (χ1) is 6.83. The first kappa shape index (κ1) is 12.1. The third-order valence-corrected chi connectivity index (χ3v) is 2.45. The molecule has 0 aliphatic heterocycles. The van der Waals surface area contributed by atoms with Crippen LogP contribution < -0.4 is 0 Å². The summed E-state index contributed by atoms with van der Waals surface area (Å²) in [5.41, 5.74) is 2.36. The van der Waals surface area contributed by atoms with Crippen LogP contribution in [0.5, 0.6) is 0 Å². The lowest BCUT2D eigenvalue weighted by molar-refractivity contribution is 0.948. The summed E-state index contributed by atoms with van der Waals surface area (Å²) in [6, 6.07) is 8.18. The molecule has 2 aromatic rings. The van der Waals surface area contributed by atoms with E-state index < -0.39 is 0 Å². The minimum Gasteiger partial charge on any atom is -0.302 e. The molecule has 0 bridgehead atoms. The molecule has 4 heteroatoms. The molecule has 0 saturated heterocycles. The largest absolute Gasteiger partial charge is 0.302 e. The first-order valence-corrected chi connectivity index (χ1v) is 5.00. The van der Waals surface area contributed by atoms with Gasteiger partial charge in [0.05, 0.1) is 5.88 Å². The second-order valence-electron chi connectivity index (χ2n) is 3.13. The second-order valence-corrected chi connectivity index (χ2v) is 3.40. The molecule has 1 aromatic heterocycles. The number of rotatable bonds is 2. The summed E-state index contributed by atoms with van der Waals surface area (Å²) in [6.45, 7) is 2.08. The maximum absolute atomic E-state index is 5.79. The lowest BCUT2D eigenvalue weighted by atomic mass is 10.2. The maximum Gasteiger partial charge on any atom is 0.128 e. The first-order valence-electron chi connectivity index (χ1n) is 4.47. The highest BCUT2D eigenvalue weighted by Gasteiger charge is 2.04. The van der Waals surface area contributed by atoms with E-state index >= 15 is 0 Å². The molecule has 0 atom stereocenters. The number of alkyl halides is 1. The Morgan fingerprint density at radius 3 is 2.73 bits per heavy atom. The van der Waals surface area contributed by atoms with Gasteiger partial charge in [0.15, 0.2) is 0 Å². The van der Waals surface area contributed by atoms with E-state index in [0.29, 0.717) is 5.88 Å². The van der Waals surface area contributed by atoms with Gasteiger partial charge in [0.2, 0.25) is 0 Å². The van der Waals surface area contributed by atoms with Gasteiger partial charge in [-0.05, 0) is 18.6 Å². The van der Waals surface area contributed by atoms with Crippen molar-refractivity contribution < 1.29 is 0 Å². The third-order valence-electron chi connectivity index (χ3n) is 2.21. The highest BCUT2D eigenvalue weighted by Crippen LogP contribution is 2.15. The summed E-state index contributed by atoms with van der Waals surface area (Å²) >= 11 is 5.79. The number of nitrogens with zero attached hydrogens (tertiary/aromatic N) is 2. The number of hydrogen-bond donors (Lipinski definition) is 0. The Bertz CT molecular complexity index is 438. The van der Waals surface area contributed by atoms with Gasteiger partial charge in [-0.2, -0.15) is 0 Å². The number of aromatic nitrogens is 2. The van der Waals surface area contributed by atoms with Gasteiger partial charge in [0.25, 0.3) is 0 Å². The van der Waals surface area contributed by atoms with E-state index in [0.717, 1.165) is 11.5 Å². The van der Waals surface area contributed by atoms with Crippen LogP contribution >= 0.6 is 24.0 Å². The van der Waals surface area contributed by atoms with Gasteiger partial charge in [0, 0.05) is 18.1 Å². The molecule has 0 fully saturated rings. The summed E-state index contributed by atoms with van der Waals surface area (Å²) in [6.07, 6.45) is 3.70. The molecule has 0 unspecified atom stereocenters. The molecule has 0 radical (unpaired) electrons. The molecule has 15 heavy (non-hydrogen) atoms. The van der Waals surface area contributed by atoms with Crippen LogP contribution in [-0.2, 0) is 5.88 Å². The quantitative estimate of drug-likeness (QED) is 0.739. The zero-order chi connectivity index (χ0) is 9.97. The molecule has 1 aromatic carbocycles. The lowest BCUT2D eigenvalue weighted by Crippen LogP contribution is -1.99. The number of hydrogen-bond acceptors (Lipinski definition) is 1. The molecule has 0 amide bonds. The molecular weight excluding hydrogens is 231 g/mol. The van der Waals surface area contributed by atoms with Crippen molar-refractivity contribution in [3.05, 3.63) is 48.0 Å². The Balaban J connectivity index is 0.00000112. The molecule has 2 nitrogen and oxygen atoms in total. The number of para-hydroxylation sites is 1. The van der Waals surface area contributed by atoms with Crippen LogP contribution in [0.25, 0.3) is 5.69 Å². The van der Waals surface area contributed by atoms with Crippen molar-refractivity contribution >= 4 is 24.0 Å². The highest BCUT2D eigenvalue weighted by atomic mass is 35.5. The zero-order valence-electron chi connectivity index (χ0n) is 8.35. The molecule has 2 rings (SSSR count). The van der Waals surface area contributed by atoms with Gasteiger partial charge in [-0.1, -0.05) is 18.2 Å². The van der Waals surface area contributed by atoms with Crippen LogP contribution in [0.4, 0.5) is 0 Å². The van der Waals surface area contributed by atoms with E-state index in [-0.39, 0.29) is 12.4 Å². The minimum atomic E-state index is 0. The van der Waals surface area contributed by atoms with Crippen molar-refractivity contribution in [3.8, 4) is 5.69 Å². The normalized spacial score (nSPS) is 9.73. The van der Waals surface area contributed by atoms with E-state index in [4.69, 9.17) is 11.6 Å². The second kappa shape index (κ2) is 5.19. The third kappa shape index (κ3) is 2.33. The summed E-state index contributed by atoms with van der Waals surface area (Å²) in [5.74, 6) is 1.31. The van der Waals surface area contributed by atoms with Gasteiger partial charge >= 0.3 is 0 Å². The van der Waals surface area contributed by atoms with Crippen LogP contribution in [0.1, 0.15) is 11.4 Å². The van der Waals surface area contributed by atoms with Crippen molar-refractivity contribution in [2.24, 2.45) is 0 Å². The molecule has 0 N–H and O–H groups in total. The van der Waals surface area contributed by atoms with Crippen molar-refractivity contribution in [2.75, 3.05) is 0 Å². The summed E-state index contributed by atoms with van der Waals surface area (Å²) in [4.78, 5) is 4.18. The number of benzene rings is 1. The maximum atomic E-state index is 5.79. The molecule has 80 valence electrons. The Morgan fingerprint density at radius 1 is 1.33 bits per heavy atom. The van der Waals surface area contributed by atoms with Gasteiger partial charge in [-0.25, -0.2) is 4.98 Å². The Labute approximate surface area is 100 Å². The molecule has 0 aliphatic carbocycles. The summed E-state index contributed by atoms with van der Waals surface area (Å²) < 4.78 is 2.02. The average Bonchev–Trinajstić information content (AvgIpc) is 2.66. The fourth-order valence-electron chi connectivity index (χ4n) is 1.49. The summed E-state index contributed by atoms with van der Waals surface area (Å²) in [5, 5.41) is 0. The Morgan fingerprint density at radius 2 is 2.07 bits per heavy atom. The predicted octanol–water partition coefficient (Wildman–Crippen LogP) is 3.34. The zero-order valence-corrected chi connectivity index (χ0v) is 9.92. The molecule has 1 heterocycles. The van der Waals surface area contributed by atoms with Gasteiger partial charge in [-0.15, -0.1) is 24.0 Å². The van der Waals surface area contributed by atoms with Crippen LogP contribution in [0.15, 0.2) is 36.7 Å². The predicted molar refractivity (Wildman–Crippen MR) is 65.1 cm³/mol. The average molecular weight is 243 g/mol. The summed E-state index contributed by atoms with van der Waals surface area (Å²) in [7, 11) is 0. The number of halogens is 2. The van der Waals surface area contributed by atoms with Crippen molar-refractivity contribution in [1.82, 2.24) is 9.55 Å². The van der Waals surface area contributed by atoms with Gasteiger partial charge < -0.3 is 4.57 Å². The minimum absolute atomic E-state index is 0. The smallest absolute Gasteiger partial charge is 0.128 e. The Kier molecular flexibility index (Phi) is 4.18. The topological polar surface area (TPSA) is 17.8 Å². The van der Waals surface area contributed by atoms with E-state index in [1.807, 2.05) is 22.9 Å². The number of aryl methyl sites for hydroxylation is 1. The SMILES string of the molecule is Cc1ccccc1-n1ccnc1CCl.Cl. The van der Waals surface area contributed by atoms with Crippen molar-refractivity contribution in [3.63, 3.8) is 0 Å². The Hall–Kier alpha value is -0.990. The van der Waals surface area contributed by atoms with E-state index in [1.165, 1.54) is 5.56 Å². The lowest BCUT2D eigenvalue weighted by Gasteiger charge is -2.08. The van der Waals surface area contributed by atoms with Crippen molar-refractivity contribution in [1.29, 1.82) is 0 Å². The van der Waals surface area contributed by atoms with E-state index in [2.05, 4.69) is 24.0 Å². The van der Waals surface area contributed by atoms with Crippen LogP contribution in [0.3, 0.4) is 0 Å².